The van der Waals surface area contributed by atoms with Crippen LogP contribution in [0, 0.1) is 41.8 Å². The fourth-order valence-corrected chi connectivity index (χ4v) is 8.52. The summed E-state index contributed by atoms with van der Waals surface area (Å²) in [5.74, 6) is -6.32. The molecule has 2 saturated heterocycles. The molecule has 8 nitrogen and oxygen atoms in total. The van der Waals surface area contributed by atoms with Crippen LogP contribution in [0.5, 0.6) is 11.5 Å². The Kier molecular flexibility index (Phi) is 7.06. The van der Waals surface area contributed by atoms with Gasteiger partial charge in [-0.25, -0.2) is 14.2 Å². The van der Waals surface area contributed by atoms with Crippen molar-refractivity contribution in [2.45, 2.75) is 32.6 Å². The lowest BCUT2D eigenvalue weighted by molar-refractivity contribution is -0.131. The lowest BCUT2D eigenvalue weighted by Crippen LogP contribution is -2.49. The molecule has 6 unspecified atom stereocenters. The van der Waals surface area contributed by atoms with Crippen LogP contribution in [-0.4, -0.2) is 35.8 Å². The highest BCUT2D eigenvalue weighted by atomic mass is 35.5. The van der Waals surface area contributed by atoms with Gasteiger partial charge in [0.05, 0.1) is 46.7 Å². The Bertz CT molecular complexity index is 1910. The number of phenolic OH excluding ortho intramolecular Hbond substituents is 1. The van der Waals surface area contributed by atoms with Gasteiger partial charge in [-0.3, -0.25) is 19.2 Å². The molecule has 236 valence electrons. The standard InChI is InChI=1S/C35H29Cl2FN2O6/c1-16-7-8-17(13-23(16)36)39-31(42)20-11-10-19-21(28(20)33(39)44)15-22-32(43)40(18-9-12-25(38)24(37)14-18)34(45)35(22,2)30(19)29-26(41)5-4-6-27(29)46-3/h4-10,12-14,20-22,28,30,41H,11,15H2,1-3H3. The number of carbonyl (C=O) groups excluding carboxylic acids is 4. The molecule has 0 radical (unpaired) electrons. The van der Waals surface area contributed by atoms with Crippen LogP contribution in [0.4, 0.5) is 15.8 Å². The minimum Gasteiger partial charge on any atom is -0.508 e. The predicted molar refractivity (Wildman–Crippen MR) is 169 cm³/mol. The van der Waals surface area contributed by atoms with E-state index >= 15 is 0 Å². The first-order valence-electron chi connectivity index (χ1n) is 14.9. The Morgan fingerprint density at radius 1 is 0.913 bits per heavy atom. The van der Waals surface area contributed by atoms with Gasteiger partial charge in [0.2, 0.25) is 23.6 Å². The van der Waals surface area contributed by atoms with Gasteiger partial charge in [0.25, 0.3) is 0 Å². The third-order valence-electron chi connectivity index (χ3n) is 10.4. The molecule has 2 aliphatic carbocycles. The molecule has 6 atom stereocenters. The number of halogens is 3. The minimum absolute atomic E-state index is 0.105. The Morgan fingerprint density at radius 2 is 1.61 bits per heavy atom. The van der Waals surface area contributed by atoms with E-state index in [2.05, 4.69) is 0 Å². The molecule has 46 heavy (non-hydrogen) atoms. The van der Waals surface area contributed by atoms with Crippen molar-refractivity contribution in [3.8, 4) is 11.5 Å². The zero-order valence-electron chi connectivity index (χ0n) is 25.1. The summed E-state index contributed by atoms with van der Waals surface area (Å²) in [6, 6.07) is 13.4. The van der Waals surface area contributed by atoms with Crippen molar-refractivity contribution in [2.24, 2.45) is 29.1 Å². The molecule has 4 aliphatic rings. The van der Waals surface area contributed by atoms with Crippen LogP contribution in [-0.2, 0) is 19.2 Å². The molecule has 3 aromatic carbocycles. The van der Waals surface area contributed by atoms with Crippen molar-refractivity contribution in [1.82, 2.24) is 0 Å². The van der Waals surface area contributed by atoms with E-state index in [1.54, 1.807) is 37.3 Å². The maximum atomic E-state index is 14.6. The number of hydrogen-bond donors (Lipinski definition) is 1. The first-order valence-corrected chi connectivity index (χ1v) is 15.7. The van der Waals surface area contributed by atoms with E-state index in [9.17, 15) is 28.7 Å². The highest BCUT2D eigenvalue weighted by Crippen LogP contribution is 2.65. The molecule has 0 spiro atoms. The Labute approximate surface area is 274 Å². The highest BCUT2D eigenvalue weighted by Gasteiger charge is 2.68. The van der Waals surface area contributed by atoms with Gasteiger partial charge >= 0.3 is 0 Å². The van der Waals surface area contributed by atoms with Crippen molar-refractivity contribution < 1.29 is 33.4 Å². The van der Waals surface area contributed by atoms with Crippen LogP contribution in [0.3, 0.4) is 0 Å². The summed E-state index contributed by atoms with van der Waals surface area (Å²) >= 11 is 12.4. The van der Waals surface area contributed by atoms with Crippen molar-refractivity contribution in [3.63, 3.8) is 0 Å². The van der Waals surface area contributed by atoms with Crippen LogP contribution >= 0.6 is 23.2 Å². The number of aromatic hydroxyl groups is 1. The minimum atomic E-state index is -1.44. The summed E-state index contributed by atoms with van der Waals surface area (Å²) < 4.78 is 19.8. The number of hydrogen-bond acceptors (Lipinski definition) is 6. The number of aryl methyl sites for hydroxylation is 1. The molecule has 0 bridgehead atoms. The number of carbonyl (C=O) groups is 4. The molecule has 4 amide bonds. The van der Waals surface area contributed by atoms with Crippen molar-refractivity contribution in [2.75, 3.05) is 16.9 Å². The molecule has 2 aliphatic heterocycles. The smallest absolute Gasteiger partial charge is 0.241 e. The fourth-order valence-electron chi connectivity index (χ4n) is 8.17. The Hall–Kier alpha value is -4.21. The van der Waals surface area contributed by atoms with Gasteiger partial charge in [-0.15, -0.1) is 0 Å². The third kappa shape index (κ3) is 4.10. The summed E-state index contributed by atoms with van der Waals surface area (Å²) in [6.45, 7) is 3.51. The third-order valence-corrected chi connectivity index (χ3v) is 11.1. The monoisotopic (exact) mass is 662 g/mol. The molecule has 3 fully saturated rings. The number of amides is 4. The van der Waals surface area contributed by atoms with Crippen LogP contribution in [0.1, 0.15) is 36.8 Å². The van der Waals surface area contributed by atoms with Crippen LogP contribution in [0.2, 0.25) is 10.0 Å². The topological polar surface area (TPSA) is 104 Å². The average molecular weight is 664 g/mol. The molecule has 1 N–H and O–H groups in total. The number of allylic oxidation sites excluding steroid dienone is 2. The molecule has 0 aromatic heterocycles. The second-order valence-electron chi connectivity index (χ2n) is 12.6. The number of imide groups is 2. The van der Waals surface area contributed by atoms with Gasteiger partial charge < -0.3 is 9.84 Å². The predicted octanol–water partition coefficient (Wildman–Crippen LogP) is 6.59. The number of phenols is 1. The van der Waals surface area contributed by atoms with Gasteiger partial charge in [-0.1, -0.05) is 47.0 Å². The maximum Gasteiger partial charge on any atom is 0.241 e. The first kappa shape index (κ1) is 30.4. The summed E-state index contributed by atoms with van der Waals surface area (Å²) in [5, 5.41) is 11.5. The number of nitrogens with zero attached hydrogens (tertiary/aromatic N) is 2. The molecule has 3 aromatic rings. The zero-order valence-corrected chi connectivity index (χ0v) is 26.6. The summed E-state index contributed by atoms with van der Waals surface area (Å²) in [4.78, 5) is 59.2. The highest BCUT2D eigenvalue weighted by molar-refractivity contribution is 6.32. The molecule has 2 heterocycles. The number of rotatable bonds is 4. The number of ether oxygens (including phenoxy) is 1. The van der Waals surface area contributed by atoms with E-state index in [4.69, 9.17) is 27.9 Å². The summed E-state index contributed by atoms with van der Waals surface area (Å²) in [6.07, 6.45) is 2.22. The Morgan fingerprint density at radius 3 is 2.30 bits per heavy atom. The van der Waals surface area contributed by atoms with Crippen molar-refractivity contribution >= 4 is 58.2 Å². The average Bonchev–Trinajstić information content (AvgIpc) is 3.40. The van der Waals surface area contributed by atoms with Gasteiger partial charge in [0.15, 0.2) is 0 Å². The molecule has 7 rings (SSSR count). The molecular formula is C35H29Cl2FN2O6. The maximum absolute atomic E-state index is 14.6. The van der Waals surface area contributed by atoms with Gasteiger partial charge in [0.1, 0.15) is 17.3 Å². The van der Waals surface area contributed by atoms with E-state index in [-0.39, 0.29) is 35.2 Å². The van der Waals surface area contributed by atoms with E-state index in [1.165, 1.54) is 30.2 Å². The van der Waals surface area contributed by atoms with E-state index < -0.39 is 58.5 Å². The number of fused-ring (bicyclic) bond motifs is 4. The van der Waals surface area contributed by atoms with Crippen LogP contribution < -0.4 is 14.5 Å². The van der Waals surface area contributed by atoms with Crippen molar-refractivity contribution in [3.05, 3.63) is 93.2 Å². The number of anilines is 2. The number of benzene rings is 3. The lowest BCUT2D eigenvalue weighted by Gasteiger charge is -2.49. The second kappa shape index (κ2) is 10.7. The molecule has 11 heteroatoms. The van der Waals surface area contributed by atoms with Crippen LogP contribution in [0.15, 0.2) is 66.2 Å². The van der Waals surface area contributed by atoms with Gasteiger partial charge in [-0.05, 0) is 80.6 Å². The second-order valence-corrected chi connectivity index (χ2v) is 13.4. The quantitative estimate of drug-likeness (QED) is 0.250. The zero-order chi connectivity index (χ0) is 32.8. The number of methoxy groups -OCH3 is 1. The molecule has 1 saturated carbocycles. The van der Waals surface area contributed by atoms with E-state index in [0.717, 1.165) is 16.5 Å². The van der Waals surface area contributed by atoms with E-state index in [0.29, 0.717) is 27.6 Å². The largest absolute Gasteiger partial charge is 0.508 e. The molecular weight excluding hydrogens is 634 g/mol. The summed E-state index contributed by atoms with van der Waals surface area (Å²) in [5.41, 5.74) is 0.843. The first-order chi connectivity index (χ1) is 21.9. The van der Waals surface area contributed by atoms with Crippen molar-refractivity contribution in [1.29, 1.82) is 0 Å². The lowest BCUT2D eigenvalue weighted by atomic mass is 9.51. The Balaban J connectivity index is 1.39. The van der Waals surface area contributed by atoms with Gasteiger partial charge in [0, 0.05) is 16.5 Å². The SMILES string of the molecule is COc1cccc(O)c1C1C2=CCC3C(=O)N(c4ccc(C)c(Cl)c4)C(=O)C3C2CC2C(=O)N(c3ccc(F)c(Cl)c3)C(=O)C21C. The normalized spacial score (nSPS) is 28.7. The summed E-state index contributed by atoms with van der Waals surface area (Å²) in [7, 11) is 1.45. The van der Waals surface area contributed by atoms with E-state index in [1.807, 2.05) is 13.0 Å². The van der Waals surface area contributed by atoms with Gasteiger partial charge in [-0.2, -0.15) is 0 Å². The van der Waals surface area contributed by atoms with Crippen LogP contribution in [0.25, 0.3) is 0 Å². The fraction of sp³-hybridized carbons (Fsp3) is 0.314.